The fourth-order valence-electron chi connectivity index (χ4n) is 2.75. The predicted molar refractivity (Wildman–Crippen MR) is 110 cm³/mol. The first kappa shape index (κ1) is 17.8. The summed E-state index contributed by atoms with van der Waals surface area (Å²) in [4.78, 5) is 19.9. The molecule has 0 fully saturated rings. The predicted octanol–water partition coefficient (Wildman–Crippen LogP) is 4.67. The maximum Gasteiger partial charge on any atom is 0.262 e. The first-order valence-electron chi connectivity index (χ1n) is 8.44. The van der Waals surface area contributed by atoms with Gasteiger partial charge in [-0.2, -0.15) is 5.10 Å². The first-order chi connectivity index (χ1) is 13.0. The van der Waals surface area contributed by atoms with Crippen LogP contribution < -0.4 is 5.56 Å². The van der Waals surface area contributed by atoms with Crippen molar-refractivity contribution in [2.75, 3.05) is 0 Å². The van der Waals surface area contributed by atoms with Crippen LogP contribution in [0.3, 0.4) is 0 Å². The topological polar surface area (TPSA) is 63.6 Å². The molecule has 0 unspecified atom stereocenters. The van der Waals surface area contributed by atoms with Gasteiger partial charge in [-0.3, -0.25) is 4.79 Å². The Bertz CT molecular complexity index is 1180. The second kappa shape index (κ2) is 7.21. The van der Waals surface area contributed by atoms with Crippen LogP contribution in [0.5, 0.6) is 0 Å². The SMILES string of the molecule is Cc1ccc(-n2ncc3c(=O)[nH]c(SCc4ccc(Cl)cc4)nc32)cc1C. The van der Waals surface area contributed by atoms with Crippen LogP contribution in [0, 0.1) is 13.8 Å². The van der Waals surface area contributed by atoms with Gasteiger partial charge in [0.2, 0.25) is 0 Å². The third kappa shape index (κ3) is 3.63. The Labute approximate surface area is 165 Å². The van der Waals surface area contributed by atoms with Gasteiger partial charge in [0, 0.05) is 10.8 Å². The Morgan fingerprint density at radius 1 is 1.11 bits per heavy atom. The Morgan fingerprint density at radius 3 is 2.63 bits per heavy atom. The number of thioether (sulfide) groups is 1. The lowest BCUT2D eigenvalue weighted by atomic mass is 10.1. The molecule has 7 heteroatoms. The molecule has 0 aliphatic carbocycles. The molecule has 0 aliphatic heterocycles. The lowest BCUT2D eigenvalue weighted by molar-refractivity contribution is 0.871. The number of aromatic amines is 1. The van der Waals surface area contributed by atoms with E-state index in [0.29, 0.717) is 27.0 Å². The van der Waals surface area contributed by atoms with Crippen LogP contribution in [0.25, 0.3) is 16.7 Å². The van der Waals surface area contributed by atoms with Gasteiger partial charge in [-0.25, -0.2) is 9.67 Å². The highest BCUT2D eigenvalue weighted by molar-refractivity contribution is 7.98. The summed E-state index contributed by atoms with van der Waals surface area (Å²) in [5.41, 5.74) is 4.74. The number of fused-ring (bicyclic) bond motifs is 1. The van der Waals surface area contributed by atoms with E-state index in [1.807, 2.05) is 42.5 Å². The molecule has 4 aromatic rings. The lowest BCUT2D eigenvalue weighted by Gasteiger charge is -2.07. The van der Waals surface area contributed by atoms with Gasteiger partial charge in [-0.15, -0.1) is 0 Å². The molecule has 0 amide bonds. The molecule has 4 rings (SSSR count). The zero-order valence-corrected chi connectivity index (χ0v) is 16.4. The minimum atomic E-state index is -0.186. The van der Waals surface area contributed by atoms with E-state index in [-0.39, 0.29) is 5.56 Å². The van der Waals surface area contributed by atoms with Crippen LogP contribution in [0.1, 0.15) is 16.7 Å². The number of aromatic nitrogens is 4. The molecular formula is C20H17ClN4OS. The van der Waals surface area contributed by atoms with Crippen molar-refractivity contribution < 1.29 is 0 Å². The van der Waals surface area contributed by atoms with Crippen molar-refractivity contribution in [2.45, 2.75) is 24.8 Å². The summed E-state index contributed by atoms with van der Waals surface area (Å²) in [6.07, 6.45) is 1.56. The number of halogens is 1. The average molecular weight is 397 g/mol. The second-order valence-electron chi connectivity index (χ2n) is 6.35. The number of hydrogen-bond acceptors (Lipinski definition) is 4. The van der Waals surface area contributed by atoms with Crippen LogP contribution in [0.2, 0.25) is 5.02 Å². The largest absolute Gasteiger partial charge is 0.301 e. The number of aryl methyl sites for hydroxylation is 2. The molecule has 0 atom stereocenters. The van der Waals surface area contributed by atoms with Gasteiger partial charge in [-0.1, -0.05) is 41.6 Å². The molecular weight excluding hydrogens is 380 g/mol. The van der Waals surface area contributed by atoms with Crippen molar-refractivity contribution in [3.05, 3.63) is 80.7 Å². The van der Waals surface area contributed by atoms with E-state index in [4.69, 9.17) is 11.6 Å². The zero-order chi connectivity index (χ0) is 19.0. The van der Waals surface area contributed by atoms with Crippen molar-refractivity contribution in [3.8, 4) is 5.69 Å². The summed E-state index contributed by atoms with van der Waals surface area (Å²) in [6.45, 7) is 4.12. The first-order valence-corrected chi connectivity index (χ1v) is 9.80. The summed E-state index contributed by atoms with van der Waals surface area (Å²) in [5.74, 6) is 0.684. The molecule has 0 spiro atoms. The van der Waals surface area contributed by atoms with E-state index < -0.39 is 0 Å². The average Bonchev–Trinajstić information content (AvgIpc) is 3.08. The van der Waals surface area contributed by atoms with Gasteiger partial charge in [0.05, 0.1) is 11.9 Å². The number of hydrogen-bond donors (Lipinski definition) is 1. The fourth-order valence-corrected chi connectivity index (χ4v) is 3.68. The summed E-state index contributed by atoms with van der Waals surface area (Å²) < 4.78 is 1.71. The summed E-state index contributed by atoms with van der Waals surface area (Å²) >= 11 is 7.39. The maximum atomic E-state index is 12.4. The third-order valence-corrected chi connectivity index (χ3v) is 5.64. The van der Waals surface area contributed by atoms with E-state index in [0.717, 1.165) is 11.3 Å². The summed E-state index contributed by atoms with van der Waals surface area (Å²) in [7, 11) is 0. The number of rotatable bonds is 4. The summed E-state index contributed by atoms with van der Waals surface area (Å²) in [6, 6.07) is 13.7. The number of nitrogens with one attached hydrogen (secondary N) is 1. The Morgan fingerprint density at radius 2 is 1.89 bits per heavy atom. The molecule has 0 radical (unpaired) electrons. The molecule has 27 heavy (non-hydrogen) atoms. The molecule has 2 heterocycles. The second-order valence-corrected chi connectivity index (χ2v) is 7.75. The molecule has 1 N–H and O–H groups in total. The van der Waals surface area contributed by atoms with Gasteiger partial charge in [0.1, 0.15) is 5.39 Å². The molecule has 136 valence electrons. The maximum absolute atomic E-state index is 12.4. The van der Waals surface area contributed by atoms with Gasteiger partial charge in [0.15, 0.2) is 10.8 Å². The normalized spacial score (nSPS) is 11.2. The standard InChI is InChI=1S/C20H17ClN4OS/c1-12-3-8-16(9-13(12)2)25-18-17(10-22-25)19(26)24-20(23-18)27-11-14-4-6-15(21)7-5-14/h3-10H,11H2,1-2H3,(H,23,24,26). The van der Waals surface area contributed by atoms with E-state index in [9.17, 15) is 4.79 Å². The molecule has 0 bridgehead atoms. The van der Waals surface area contributed by atoms with Gasteiger partial charge in [-0.05, 0) is 54.8 Å². The molecule has 0 saturated heterocycles. The smallest absolute Gasteiger partial charge is 0.262 e. The van der Waals surface area contributed by atoms with Gasteiger partial charge >= 0.3 is 0 Å². The highest BCUT2D eigenvalue weighted by atomic mass is 35.5. The van der Waals surface area contributed by atoms with E-state index in [2.05, 4.69) is 28.9 Å². The van der Waals surface area contributed by atoms with E-state index >= 15 is 0 Å². The van der Waals surface area contributed by atoms with E-state index in [1.54, 1.807) is 10.9 Å². The van der Waals surface area contributed by atoms with Crippen molar-refractivity contribution in [1.29, 1.82) is 0 Å². The molecule has 2 aromatic heterocycles. The highest BCUT2D eigenvalue weighted by Crippen LogP contribution is 2.22. The Kier molecular flexibility index (Phi) is 4.76. The minimum Gasteiger partial charge on any atom is -0.301 e. The van der Waals surface area contributed by atoms with Crippen LogP contribution >= 0.6 is 23.4 Å². The summed E-state index contributed by atoms with van der Waals surface area (Å²) in [5, 5.41) is 6.12. The zero-order valence-electron chi connectivity index (χ0n) is 14.9. The number of benzene rings is 2. The number of nitrogens with zero attached hydrogens (tertiary/aromatic N) is 3. The van der Waals surface area contributed by atoms with Gasteiger partial charge in [0.25, 0.3) is 5.56 Å². The van der Waals surface area contributed by atoms with Crippen molar-refractivity contribution in [1.82, 2.24) is 19.7 Å². The Balaban J connectivity index is 1.70. The van der Waals surface area contributed by atoms with E-state index in [1.165, 1.54) is 22.9 Å². The molecule has 0 saturated carbocycles. The van der Waals surface area contributed by atoms with Crippen LogP contribution in [0.4, 0.5) is 0 Å². The monoisotopic (exact) mass is 396 g/mol. The van der Waals surface area contributed by atoms with Crippen LogP contribution in [0.15, 0.2) is 58.6 Å². The van der Waals surface area contributed by atoms with Crippen molar-refractivity contribution >= 4 is 34.4 Å². The van der Waals surface area contributed by atoms with Gasteiger partial charge < -0.3 is 4.98 Å². The number of H-pyrrole nitrogens is 1. The van der Waals surface area contributed by atoms with Crippen molar-refractivity contribution in [3.63, 3.8) is 0 Å². The molecule has 2 aromatic carbocycles. The van der Waals surface area contributed by atoms with Crippen LogP contribution in [-0.4, -0.2) is 19.7 Å². The lowest BCUT2D eigenvalue weighted by Crippen LogP contribution is -2.10. The molecule has 0 aliphatic rings. The quantitative estimate of drug-likeness (QED) is 0.402. The third-order valence-electron chi connectivity index (χ3n) is 4.44. The highest BCUT2D eigenvalue weighted by Gasteiger charge is 2.12. The Hall–Kier alpha value is -2.57. The van der Waals surface area contributed by atoms with Crippen molar-refractivity contribution in [2.24, 2.45) is 0 Å². The molecule has 5 nitrogen and oxygen atoms in total. The van der Waals surface area contributed by atoms with Crippen LogP contribution in [-0.2, 0) is 5.75 Å². The fraction of sp³-hybridized carbons (Fsp3) is 0.150. The minimum absolute atomic E-state index is 0.186.